The number of rotatable bonds is 9. The summed E-state index contributed by atoms with van der Waals surface area (Å²) in [6, 6.07) is 15.6. The van der Waals surface area contributed by atoms with E-state index in [1.807, 2.05) is 48.5 Å². The normalized spacial score (nSPS) is 11.5. The molecule has 9 heteroatoms. The fraction of sp³-hybridized carbons (Fsp3) is 0.292. The number of tetrazole rings is 1. The monoisotopic (exact) mass is 447 g/mol. The molecule has 2 aromatic heterocycles. The van der Waals surface area contributed by atoms with Gasteiger partial charge >= 0.3 is 5.92 Å². The molecule has 0 atom stereocenters. The summed E-state index contributed by atoms with van der Waals surface area (Å²) in [5.74, 6) is 0.0776. The maximum Gasteiger partial charge on any atom is 0.308 e. The highest BCUT2D eigenvalue weighted by atomic mass is 19.3. The molecule has 0 aliphatic heterocycles. The fourth-order valence-corrected chi connectivity index (χ4v) is 3.63. The number of benzene rings is 2. The molecular formula is C24H23F2N7. The van der Waals surface area contributed by atoms with Gasteiger partial charge in [-0.15, -0.1) is 22.5 Å². The zero-order valence-electron chi connectivity index (χ0n) is 18.2. The molecular weight excluding hydrogens is 424 g/mol. The maximum absolute atomic E-state index is 14.4. The van der Waals surface area contributed by atoms with Gasteiger partial charge in [-0.25, -0.2) is 14.8 Å². The first-order valence-corrected chi connectivity index (χ1v) is 10.7. The molecule has 33 heavy (non-hydrogen) atoms. The van der Waals surface area contributed by atoms with Gasteiger partial charge in [0.15, 0.2) is 5.82 Å². The van der Waals surface area contributed by atoms with E-state index in [2.05, 4.69) is 36.6 Å². The van der Waals surface area contributed by atoms with Crippen molar-refractivity contribution >= 4 is 0 Å². The van der Waals surface area contributed by atoms with Crippen LogP contribution in [0.15, 0.2) is 48.5 Å². The zero-order chi connectivity index (χ0) is 23.3. The van der Waals surface area contributed by atoms with E-state index in [0.29, 0.717) is 37.5 Å². The molecule has 0 spiro atoms. The lowest BCUT2D eigenvalue weighted by Gasteiger charge is -2.10. The van der Waals surface area contributed by atoms with Crippen molar-refractivity contribution in [3.05, 3.63) is 65.7 Å². The van der Waals surface area contributed by atoms with Crippen LogP contribution in [0.2, 0.25) is 0 Å². The third kappa shape index (κ3) is 4.95. The highest BCUT2D eigenvalue weighted by Gasteiger charge is 2.36. The molecule has 0 unspecified atom stereocenters. The Labute approximate surface area is 190 Å². The van der Waals surface area contributed by atoms with Crippen molar-refractivity contribution in [1.29, 1.82) is 0 Å². The summed E-state index contributed by atoms with van der Waals surface area (Å²) >= 11 is 0. The molecule has 0 saturated carbocycles. The third-order valence-electron chi connectivity index (χ3n) is 5.26. The summed E-state index contributed by atoms with van der Waals surface area (Å²) < 4.78 is 30.3. The van der Waals surface area contributed by atoms with Gasteiger partial charge in [-0.3, -0.25) is 0 Å². The Morgan fingerprint density at radius 2 is 1.85 bits per heavy atom. The lowest BCUT2D eigenvalue weighted by atomic mass is 9.98. The summed E-state index contributed by atoms with van der Waals surface area (Å²) in [6.45, 7) is 2.03. The van der Waals surface area contributed by atoms with Crippen molar-refractivity contribution < 1.29 is 8.78 Å². The molecule has 0 aliphatic rings. The molecule has 2 heterocycles. The first kappa shape index (κ1) is 22.3. The predicted octanol–water partition coefficient (Wildman–Crippen LogP) is 4.63. The smallest absolute Gasteiger partial charge is 0.245 e. The van der Waals surface area contributed by atoms with Crippen LogP contribution >= 0.6 is 0 Å². The number of nitrogens with one attached hydrogen (secondary N) is 1. The quantitative estimate of drug-likeness (QED) is 0.378. The van der Waals surface area contributed by atoms with E-state index in [1.54, 1.807) is 6.92 Å². The number of halogens is 2. The van der Waals surface area contributed by atoms with Crippen LogP contribution < -0.4 is 0 Å². The molecule has 0 aliphatic carbocycles. The summed E-state index contributed by atoms with van der Waals surface area (Å²) in [7, 11) is 0. The topological polar surface area (TPSA) is 85.2 Å². The second-order valence-corrected chi connectivity index (χ2v) is 7.66. The van der Waals surface area contributed by atoms with E-state index in [0.717, 1.165) is 22.3 Å². The lowest BCUT2D eigenvalue weighted by Crippen LogP contribution is -2.15. The molecule has 2 aromatic carbocycles. The first-order valence-electron chi connectivity index (χ1n) is 10.7. The summed E-state index contributed by atoms with van der Waals surface area (Å²) in [6.07, 6.45) is 6.22. The van der Waals surface area contributed by atoms with E-state index >= 15 is 0 Å². The number of hydrogen-bond donors (Lipinski definition) is 1. The van der Waals surface area contributed by atoms with Gasteiger partial charge in [-0.05, 0) is 33.5 Å². The largest absolute Gasteiger partial charge is 0.308 e. The van der Waals surface area contributed by atoms with Crippen LogP contribution in [0.5, 0.6) is 0 Å². The minimum atomic E-state index is -3.06. The molecule has 168 valence electrons. The number of H-pyrrole nitrogens is 1. The van der Waals surface area contributed by atoms with Crippen LogP contribution in [0.1, 0.15) is 43.4 Å². The second kappa shape index (κ2) is 9.69. The van der Waals surface area contributed by atoms with E-state index in [4.69, 9.17) is 6.42 Å². The standard InChI is InChI=1S/C24H23F2N7/c1-3-5-10-21-27-23(24(25,26)15-4-2)30-33(21)16-17-11-13-18(14-12-17)19-8-6-7-9-20(19)22-28-31-32-29-22/h1,6-9,11-14H,4-5,10,15-16H2,2H3,(H,28,29,31,32). The predicted molar refractivity (Wildman–Crippen MR) is 120 cm³/mol. The van der Waals surface area contributed by atoms with Crippen molar-refractivity contribution in [2.24, 2.45) is 0 Å². The number of aryl methyl sites for hydroxylation is 1. The number of hydrogen-bond acceptors (Lipinski definition) is 5. The van der Waals surface area contributed by atoms with Gasteiger partial charge < -0.3 is 0 Å². The molecule has 4 aromatic rings. The Kier molecular flexibility index (Phi) is 6.54. The third-order valence-corrected chi connectivity index (χ3v) is 5.26. The molecule has 4 rings (SSSR count). The van der Waals surface area contributed by atoms with Crippen LogP contribution in [0.25, 0.3) is 22.5 Å². The highest BCUT2D eigenvalue weighted by Crippen LogP contribution is 2.32. The molecule has 0 fully saturated rings. The molecule has 0 amide bonds. The number of aromatic nitrogens is 7. The summed E-state index contributed by atoms with van der Waals surface area (Å²) in [4.78, 5) is 4.12. The van der Waals surface area contributed by atoms with Crippen molar-refractivity contribution in [3.8, 4) is 34.9 Å². The van der Waals surface area contributed by atoms with Crippen LogP contribution in [-0.2, 0) is 18.9 Å². The summed E-state index contributed by atoms with van der Waals surface area (Å²) in [5.41, 5.74) is 3.74. The van der Waals surface area contributed by atoms with Gasteiger partial charge in [0.1, 0.15) is 5.82 Å². The minimum Gasteiger partial charge on any atom is -0.245 e. The van der Waals surface area contributed by atoms with Gasteiger partial charge in [0.2, 0.25) is 5.82 Å². The molecule has 0 bridgehead atoms. The van der Waals surface area contributed by atoms with Crippen LogP contribution in [0.3, 0.4) is 0 Å². The van der Waals surface area contributed by atoms with Crippen LogP contribution in [0, 0.1) is 12.3 Å². The van der Waals surface area contributed by atoms with E-state index in [-0.39, 0.29) is 6.42 Å². The molecule has 1 N–H and O–H groups in total. The average Bonchev–Trinajstić information content (AvgIpc) is 3.49. The van der Waals surface area contributed by atoms with E-state index in [1.165, 1.54) is 4.68 Å². The molecule has 0 saturated heterocycles. The first-order chi connectivity index (χ1) is 16.0. The van der Waals surface area contributed by atoms with E-state index < -0.39 is 11.7 Å². The van der Waals surface area contributed by atoms with Crippen molar-refractivity contribution in [2.75, 3.05) is 0 Å². The van der Waals surface area contributed by atoms with E-state index in [9.17, 15) is 8.78 Å². The van der Waals surface area contributed by atoms with Crippen molar-refractivity contribution in [3.63, 3.8) is 0 Å². The zero-order valence-corrected chi connectivity index (χ0v) is 18.2. The highest BCUT2D eigenvalue weighted by molar-refractivity contribution is 5.80. The Balaban J connectivity index is 1.60. The molecule has 0 radical (unpaired) electrons. The minimum absolute atomic E-state index is 0.291. The summed E-state index contributed by atoms with van der Waals surface area (Å²) in [5, 5.41) is 18.2. The fourth-order valence-electron chi connectivity index (χ4n) is 3.63. The second-order valence-electron chi connectivity index (χ2n) is 7.66. The SMILES string of the molecule is C#CCCc1nc(C(F)(F)CCC)nn1Cc1ccc(-c2ccccc2-c2nnn[nH]2)cc1. The Hall–Kier alpha value is -3.93. The number of aromatic amines is 1. The van der Waals surface area contributed by atoms with Gasteiger partial charge in [0.25, 0.3) is 0 Å². The Bertz CT molecular complexity index is 1240. The van der Waals surface area contributed by atoms with Crippen molar-refractivity contribution in [2.45, 2.75) is 45.1 Å². The number of nitrogens with zero attached hydrogens (tertiary/aromatic N) is 6. The van der Waals surface area contributed by atoms with Gasteiger partial charge in [0.05, 0.1) is 6.54 Å². The van der Waals surface area contributed by atoms with Crippen LogP contribution in [0.4, 0.5) is 8.78 Å². The number of terminal acetylenes is 1. The Morgan fingerprint density at radius 3 is 2.52 bits per heavy atom. The lowest BCUT2D eigenvalue weighted by molar-refractivity contribution is -0.0232. The average molecular weight is 447 g/mol. The van der Waals surface area contributed by atoms with Gasteiger partial charge in [-0.1, -0.05) is 55.5 Å². The van der Waals surface area contributed by atoms with Crippen molar-refractivity contribution in [1.82, 2.24) is 35.4 Å². The molecule has 7 nitrogen and oxygen atoms in total. The van der Waals surface area contributed by atoms with Crippen LogP contribution in [-0.4, -0.2) is 35.4 Å². The number of alkyl halides is 2. The maximum atomic E-state index is 14.4. The Morgan fingerprint density at radius 1 is 1.09 bits per heavy atom. The van der Waals surface area contributed by atoms with Gasteiger partial charge in [0, 0.05) is 24.8 Å². The van der Waals surface area contributed by atoms with Gasteiger partial charge in [-0.2, -0.15) is 8.78 Å².